The quantitative estimate of drug-likeness (QED) is 0.303. The molecule has 0 aromatic heterocycles. The molecule has 0 amide bonds. The average molecular weight is 328 g/mol. The Bertz CT molecular complexity index is 725. The van der Waals surface area contributed by atoms with E-state index >= 15 is 0 Å². The molecule has 1 N–H and O–H groups in total. The number of ketones is 2. The minimum absolute atomic E-state index is 0.0168. The van der Waals surface area contributed by atoms with Crippen LogP contribution in [0.25, 0.3) is 6.08 Å². The van der Waals surface area contributed by atoms with E-state index in [0.29, 0.717) is 0 Å². The molecule has 0 bridgehead atoms. The Labute approximate surface area is 140 Å². The number of allylic oxidation sites excluding steroid dienone is 2. The standard InChI is InChI=1S/C19H20O5/c1-19(2)11-14(21)15(17(22)16(19)18(23)24-3)13(20)10-9-12-7-5-4-6-8-12/h4-10,16,20H,11H2,1-3H3/b10-9+,15-13?/t16-/m0/s1. The van der Waals surface area contributed by atoms with Crippen molar-refractivity contribution >= 4 is 23.6 Å². The number of carbonyl (C=O) groups excluding carboxylic acids is 3. The van der Waals surface area contributed by atoms with Crippen LogP contribution >= 0.6 is 0 Å². The topological polar surface area (TPSA) is 80.7 Å². The first-order valence-corrected chi connectivity index (χ1v) is 7.59. The van der Waals surface area contributed by atoms with Gasteiger partial charge in [0.25, 0.3) is 0 Å². The molecule has 0 heterocycles. The Hall–Kier alpha value is -2.69. The molecule has 126 valence electrons. The zero-order valence-electron chi connectivity index (χ0n) is 13.9. The van der Waals surface area contributed by atoms with Crippen LogP contribution < -0.4 is 0 Å². The number of hydrogen-bond donors (Lipinski definition) is 1. The van der Waals surface area contributed by atoms with E-state index < -0.39 is 34.6 Å². The van der Waals surface area contributed by atoms with E-state index in [-0.39, 0.29) is 12.0 Å². The first-order valence-electron chi connectivity index (χ1n) is 7.59. The van der Waals surface area contributed by atoms with Crippen molar-refractivity contribution in [1.82, 2.24) is 0 Å². The molecular formula is C19H20O5. The van der Waals surface area contributed by atoms with Crippen LogP contribution in [0.2, 0.25) is 0 Å². The number of ether oxygens (including phenoxy) is 1. The molecule has 1 aliphatic carbocycles. The van der Waals surface area contributed by atoms with Crippen molar-refractivity contribution in [2.45, 2.75) is 20.3 Å². The molecule has 0 saturated heterocycles. The lowest BCUT2D eigenvalue weighted by molar-refractivity contribution is -0.155. The van der Waals surface area contributed by atoms with Crippen molar-refractivity contribution in [2.75, 3.05) is 7.11 Å². The lowest BCUT2D eigenvalue weighted by Crippen LogP contribution is -2.46. The second-order valence-electron chi connectivity index (χ2n) is 6.41. The number of methoxy groups -OCH3 is 1. The molecule has 0 unspecified atom stereocenters. The molecule has 24 heavy (non-hydrogen) atoms. The molecule has 5 heteroatoms. The van der Waals surface area contributed by atoms with Gasteiger partial charge in [-0.15, -0.1) is 0 Å². The largest absolute Gasteiger partial charge is 0.507 e. The Morgan fingerprint density at radius 1 is 1.25 bits per heavy atom. The monoisotopic (exact) mass is 328 g/mol. The van der Waals surface area contributed by atoms with Crippen LogP contribution in [-0.4, -0.2) is 29.8 Å². The molecule has 1 aliphatic rings. The summed E-state index contributed by atoms with van der Waals surface area (Å²) in [6.07, 6.45) is 2.87. The van der Waals surface area contributed by atoms with Crippen LogP contribution in [0.4, 0.5) is 0 Å². The molecule has 0 radical (unpaired) electrons. The highest BCUT2D eigenvalue weighted by Crippen LogP contribution is 2.40. The predicted molar refractivity (Wildman–Crippen MR) is 89.0 cm³/mol. The summed E-state index contributed by atoms with van der Waals surface area (Å²) in [5.41, 5.74) is -0.379. The zero-order valence-corrected chi connectivity index (χ0v) is 13.9. The zero-order chi connectivity index (χ0) is 17.9. The maximum Gasteiger partial charge on any atom is 0.317 e. The van der Waals surface area contributed by atoms with E-state index in [1.165, 1.54) is 13.2 Å². The van der Waals surface area contributed by atoms with Gasteiger partial charge in [-0.25, -0.2) is 0 Å². The summed E-state index contributed by atoms with van der Waals surface area (Å²) in [7, 11) is 1.20. The number of aliphatic hydroxyl groups excluding tert-OH is 1. The highest BCUT2D eigenvalue weighted by molar-refractivity contribution is 6.27. The highest BCUT2D eigenvalue weighted by Gasteiger charge is 2.50. The average Bonchev–Trinajstić information content (AvgIpc) is 2.52. The van der Waals surface area contributed by atoms with Gasteiger partial charge in [-0.05, 0) is 17.1 Å². The smallest absolute Gasteiger partial charge is 0.317 e. The maximum absolute atomic E-state index is 12.6. The second kappa shape index (κ2) is 6.83. The third kappa shape index (κ3) is 3.45. The van der Waals surface area contributed by atoms with Crippen LogP contribution in [0.5, 0.6) is 0 Å². The summed E-state index contributed by atoms with van der Waals surface area (Å²) in [6, 6.07) is 9.15. The van der Waals surface area contributed by atoms with Gasteiger partial charge in [-0.3, -0.25) is 14.4 Å². The van der Waals surface area contributed by atoms with Gasteiger partial charge in [-0.2, -0.15) is 0 Å². The molecule has 5 nitrogen and oxygen atoms in total. The van der Waals surface area contributed by atoms with Crippen molar-refractivity contribution in [3.63, 3.8) is 0 Å². The molecule has 1 saturated carbocycles. The number of carbonyl (C=O) groups is 3. The van der Waals surface area contributed by atoms with Gasteiger partial charge in [-0.1, -0.05) is 50.3 Å². The summed E-state index contributed by atoms with van der Waals surface area (Å²) in [5.74, 6) is -3.41. The number of benzene rings is 1. The third-order valence-electron chi connectivity index (χ3n) is 4.11. The van der Waals surface area contributed by atoms with E-state index in [1.807, 2.05) is 30.3 Å². The van der Waals surface area contributed by atoms with E-state index in [4.69, 9.17) is 4.74 Å². The van der Waals surface area contributed by atoms with E-state index in [9.17, 15) is 19.5 Å². The maximum atomic E-state index is 12.6. The molecule has 1 fully saturated rings. The van der Waals surface area contributed by atoms with Crippen LogP contribution in [0.15, 0.2) is 47.7 Å². The Balaban J connectivity index is 2.40. The van der Waals surface area contributed by atoms with Crippen molar-refractivity contribution in [3.8, 4) is 0 Å². The molecule has 0 aliphatic heterocycles. The van der Waals surface area contributed by atoms with Crippen molar-refractivity contribution in [2.24, 2.45) is 11.3 Å². The van der Waals surface area contributed by atoms with Gasteiger partial charge in [0.1, 0.15) is 17.3 Å². The van der Waals surface area contributed by atoms with Crippen LogP contribution in [0.3, 0.4) is 0 Å². The summed E-state index contributed by atoms with van der Waals surface area (Å²) < 4.78 is 4.70. The Morgan fingerprint density at radius 3 is 2.46 bits per heavy atom. The van der Waals surface area contributed by atoms with Crippen LogP contribution in [0, 0.1) is 11.3 Å². The fourth-order valence-electron chi connectivity index (χ4n) is 2.88. The van der Waals surface area contributed by atoms with Crippen molar-refractivity contribution < 1.29 is 24.2 Å². The first-order chi connectivity index (χ1) is 11.3. The lowest BCUT2D eigenvalue weighted by atomic mass is 9.65. The summed E-state index contributed by atoms with van der Waals surface area (Å²) >= 11 is 0. The number of hydrogen-bond acceptors (Lipinski definition) is 5. The fraction of sp³-hybridized carbons (Fsp3) is 0.316. The Morgan fingerprint density at radius 2 is 1.88 bits per heavy atom. The molecule has 0 spiro atoms. The van der Waals surface area contributed by atoms with Crippen LogP contribution in [0.1, 0.15) is 25.8 Å². The lowest BCUT2D eigenvalue weighted by Gasteiger charge is -2.35. The molecule has 1 aromatic rings. The normalized spacial score (nSPS) is 22.5. The van der Waals surface area contributed by atoms with E-state index in [1.54, 1.807) is 19.9 Å². The highest BCUT2D eigenvalue weighted by atomic mass is 16.5. The minimum Gasteiger partial charge on any atom is -0.507 e. The summed E-state index contributed by atoms with van der Waals surface area (Å²) in [5, 5.41) is 10.2. The summed E-state index contributed by atoms with van der Waals surface area (Å²) in [6.45, 7) is 3.33. The van der Waals surface area contributed by atoms with Crippen molar-refractivity contribution in [3.05, 3.63) is 53.3 Å². The summed E-state index contributed by atoms with van der Waals surface area (Å²) in [4.78, 5) is 36.9. The fourth-order valence-corrected chi connectivity index (χ4v) is 2.88. The van der Waals surface area contributed by atoms with E-state index in [2.05, 4.69) is 0 Å². The number of rotatable bonds is 3. The number of aliphatic hydroxyl groups is 1. The molecule has 1 atom stereocenters. The minimum atomic E-state index is -1.11. The van der Waals surface area contributed by atoms with Gasteiger partial charge >= 0.3 is 5.97 Å². The predicted octanol–water partition coefficient (Wildman–Crippen LogP) is 2.87. The molecule has 2 rings (SSSR count). The van der Waals surface area contributed by atoms with E-state index in [0.717, 1.165) is 5.56 Å². The van der Waals surface area contributed by atoms with Crippen LogP contribution in [-0.2, 0) is 19.1 Å². The van der Waals surface area contributed by atoms with Gasteiger partial charge in [0.2, 0.25) is 0 Å². The molecule has 1 aromatic carbocycles. The van der Waals surface area contributed by atoms with Gasteiger partial charge in [0, 0.05) is 6.42 Å². The second-order valence-corrected chi connectivity index (χ2v) is 6.41. The van der Waals surface area contributed by atoms with Gasteiger partial charge in [0.15, 0.2) is 11.6 Å². The first kappa shape index (κ1) is 17.7. The number of esters is 1. The molecular weight excluding hydrogens is 308 g/mol. The SMILES string of the molecule is COC(=O)[C@@H]1C(=O)C(=C(O)/C=C/c2ccccc2)C(=O)CC1(C)C. The van der Waals surface area contributed by atoms with Crippen molar-refractivity contribution in [1.29, 1.82) is 0 Å². The third-order valence-corrected chi connectivity index (χ3v) is 4.11. The Kier molecular flexibility index (Phi) is 5.02. The van der Waals surface area contributed by atoms with Gasteiger partial charge < -0.3 is 9.84 Å². The number of Topliss-reactive ketones (excluding diaryl/α,β-unsaturated/α-hetero) is 2. The van der Waals surface area contributed by atoms with Gasteiger partial charge in [0.05, 0.1) is 7.11 Å².